The summed E-state index contributed by atoms with van der Waals surface area (Å²) in [6.45, 7) is 0.888. The number of thiazole rings is 1. The van der Waals surface area contributed by atoms with Gasteiger partial charge in [0.05, 0.1) is 21.7 Å². The van der Waals surface area contributed by atoms with Crippen molar-refractivity contribution in [2.24, 2.45) is 4.99 Å². The molecule has 4 aromatic rings. The second-order valence-electron chi connectivity index (χ2n) is 7.29. The molecule has 9 heteroatoms. The van der Waals surface area contributed by atoms with E-state index >= 15 is 0 Å². The number of aromatic nitrogens is 1. The summed E-state index contributed by atoms with van der Waals surface area (Å²) >= 11 is 1.26. The summed E-state index contributed by atoms with van der Waals surface area (Å²) < 4.78 is 37.5. The van der Waals surface area contributed by atoms with Crippen LogP contribution in [-0.2, 0) is 21.1 Å². The number of sulfone groups is 1. The highest BCUT2D eigenvalue weighted by molar-refractivity contribution is 7.90. The third-order valence-corrected chi connectivity index (χ3v) is 7.01. The molecule has 0 aliphatic carbocycles. The number of ether oxygens (including phenoxy) is 2. The van der Waals surface area contributed by atoms with Gasteiger partial charge in [0, 0.05) is 25.5 Å². The number of carbonyl (C=O) groups is 1. The largest absolute Gasteiger partial charge is 0.457 e. The summed E-state index contributed by atoms with van der Waals surface area (Å²) in [5.41, 5.74) is 1.17. The summed E-state index contributed by atoms with van der Waals surface area (Å²) in [5, 5.41) is 0. The Morgan fingerprint density at radius 3 is 2.48 bits per heavy atom. The van der Waals surface area contributed by atoms with Crippen LogP contribution in [-0.4, -0.2) is 38.9 Å². The Kier molecular flexibility index (Phi) is 6.73. The average molecular weight is 483 g/mol. The molecule has 0 aliphatic heterocycles. The molecule has 0 aliphatic rings. The zero-order valence-electron chi connectivity index (χ0n) is 18.1. The maximum absolute atomic E-state index is 13.0. The van der Waals surface area contributed by atoms with Gasteiger partial charge in [-0.2, -0.15) is 4.99 Å². The molecule has 0 bridgehead atoms. The third kappa shape index (κ3) is 5.39. The van der Waals surface area contributed by atoms with Crippen LogP contribution in [0.3, 0.4) is 0 Å². The van der Waals surface area contributed by atoms with Gasteiger partial charge in [-0.15, -0.1) is 0 Å². The minimum Gasteiger partial charge on any atom is -0.457 e. The predicted molar refractivity (Wildman–Crippen MR) is 128 cm³/mol. The van der Waals surface area contributed by atoms with Gasteiger partial charge in [-0.1, -0.05) is 35.6 Å². The molecule has 0 saturated carbocycles. The quantitative estimate of drug-likeness (QED) is 0.392. The fourth-order valence-electron chi connectivity index (χ4n) is 3.24. The molecular formula is C24H22N2O5S2. The molecule has 0 N–H and O–H groups in total. The van der Waals surface area contributed by atoms with Gasteiger partial charge in [0.2, 0.25) is 0 Å². The number of amides is 1. The number of hydrogen-bond donors (Lipinski definition) is 0. The van der Waals surface area contributed by atoms with Crippen molar-refractivity contribution in [1.29, 1.82) is 0 Å². The molecule has 0 radical (unpaired) electrons. The van der Waals surface area contributed by atoms with E-state index in [1.54, 1.807) is 49.6 Å². The van der Waals surface area contributed by atoms with Crippen LogP contribution in [0.5, 0.6) is 11.5 Å². The zero-order chi connectivity index (χ0) is 23.4. The van der Waals surface area contributed by atoms with E-state index in [2.05, 4.69) is 4.99 Å². The van der Waals surface area contributed by atoms with Crippen molar-refractivity contribution < 1.29 is 22.7 Å². The second-order valence-corrected chi connectivity index (χ2v) is 10.3. The van der Waals surface area contributed by atoms with E-state index in [4.69, 9.17) is 9.47 Å². The Morgan fingerprint density at radius 2 is 1.76 bits per heavy atom. The molecule has 3 aromatic carbocycles. The van der Waals surface area contributed by atoms with Gasteiger partial charge in [0.1, 0.15) is 11.5 Å². The lowest BCUT2D eigenvalue weighted by molar-refractivity contribution is 0.0997. The number of fused-ring (bicyclic) bond motifs is 1. The van der Waals surface area contributed by atoms with E-state index in [1.807, 2.05) is 34.9 Å². The molecule has 0 fully saturated rings. The molecule has 0 unspecified atom stereocenters. The molecule has 7 nitrogen and oxygen atoms in total. The van der Waals surface area contributed by atoms with Crippen molar-refractivity contribution >= 4 is 37.3 Å². The first-order chi connectivity index (χ1) is 15.8. The SMILES string of the molecule is COCCn1c(=NC(=O)c2cccc(Oc3ccccc3)c2)sc2cc(S(C)(=O)=O)ccc21. The minimum absolute atomic E-state index is 0.221. The second kappa shape index (κ2) is 9.70. The summed E-state index contributed by atoms with van der Waals surface area (Å²) in [6.07, 6.45) is 1.17. The maximum Gasteiger partial charge on any atom is 0.279 e. The first-order valence-electron chi connectivity index (χ1n) is 10.1. The molecular weight excluding hydrogens is 460 g/mol. The number of nitrogens with zero attached hydrogens (tertiary/aromatic N) is 2. The van der Waals surface area contributed by atoms with Crippen LogP contribution in [0.15, 0.2) is 82.7 Å². The number of carbonyl (C=O) groups excluding carboxylic acids is 1. The van der Waals surface area contributed by atoms with Crippen molar-refractivity contribution in [3.63, 3.8) is 0 Å². The van der Waals surface area contributed by atoms with E-state index in [9.17, 15) is 13.2 Å². The normalized spacial score (nSPS) is 12.2. The monoisotopic (exact) mass is 482 g/mol. The standard InChI is InChI=1S/C24H22N2O5S2/c1-30-14-13-26-21-12-11-20(33(2,28)29)16-22(21)32-24(26)25-23(27)17-7-6-10-19(15-17)31-18-8-4-3-5-9-18/h3-12,15-16H,13-14H2,1-2H3. The van der Waals surface area contributed by atoms with Gasteiger partial charge < -0.3 is 14.0 Å². The molecule has 1 amide bonds. The molecule has 170 valence electrons. The number of hydrogen-bond acceptors (Lipinski definition) is 6. The third-order valence-electron chi connectivity index (χ3n) is 4.86. The highest BCUT2D eigenvalue weighted by Crippen LogP contribution is 2.24. The van der Waals surface area contributed by atoms with E-state index in [-0.39, 0.29) is 4.90 Å². The van der Waals surface area contributed by atoms with Gasteiger partial charge in [-0.25, -0.2) is 8.42 Å². The Labute approximate surface area is 195 Å². The number of rotatable bonds is 7. The molecule has 0 atom stereocenters. The van der Waals surface area contributed by atoms with Crippen LogP contribution in [0.2, 0.25) is 0 Å². The Bertz CT molecular complexity index is 1470. The lowest BCUT2D eigenvalue weighted by Crippen LogP contribution is -2.19. The molecule has 1 aromatic heterocycles. The Balaban J connectivity index is 1.72. The van der Waals surface area contributed by atoms with Crippen molar-refractivity contribution in [2.75, 3.05) is 20.0 Å². The van der Waals surface area contributed by atoms with Crippen molar-refractivity contribution in [3.8, 4) is 11.5 Å². The van der Waals surface area contributed by atoms with Gasteiger partial charge in [-0.05, 0) is 48.5 Å². The van der Waals surface area contributed by atoms with Gasteiger partial charge in [0.25, 0.3) is 5.91 Å². The fourth-order valence-corrected chi connectivity index (χ4v) is 5.05. The van der Waals surface area contributed by atoms with Crippen LogP contribution >= 0.6 is 11.3 Å². The van der Waals surface area contributed by atoms with Crippen LogP contribution in [0.1, 0.15) is 10.4 Å². The minimum atomic E-state index is -3.35. The van der Waals surface area contributed by atoms with E-state index in [0.717, 1.165) is 10.2 Å². The number of para-hydroxylation sites is 1. The lowest BCUT2D eigenvalue weighted by atomic mass is 10.2. The highest BCUT2D eigenvalue weighted by Gasteiger charge is 2.14. The highest BCUT2D eigenvalue weighted by atomic mass is 32.2. The molecule has 0 saturated heterocycles. The molecule has 33 heavy (non-hydrogen) atoms. The first-order valence-corrected chi connectivity index (χ1v) is 12.8. The van der Waals surface area contributed by atoms with E-state index in [0.29, 0.717) is 35.0 Å². The topological polar surface area (TPSA) is 87.0 Å². The number of methoxy groups -OCH3 is 1. The van der Waals surface area contributed by atoms with Crippen LogP contribution in [0.25, 0.3) is 10.2 Å². The summed E-state index contributed by atoms with van der Waals surface area (Å²) in [5.74, 6) is 0.779. The zero-order valence-corrected chi connectivity index (χ0v) is 19.7. The summed E-state index contributed by atoms with van der Waals surface area (Å²) in [6, 6.07) is 21.0. The van der Waals surface area contributed by atoms with Crippen molar-refractivity contribution in [2.45, 2.75) is 11.4 Å². The van der Waals surface area contributed by atoms with E-state index in [1.165, 1.54) is 17.6 Å². The Morgan fingerprint density at radius 1 is 1.00 bits per heavy atom. The number of benzene rings is 3. The first kappa shape index (κ1) is 22.9. The summed E-state index contributed by atoms with van der Waals surface area (Å²) in [7, 11) is -1.76. The molecule has 1 heterocycles. The van der Waals surface area contributed by atoms with Crippen molar-refractivity contribution in [3.05, 3.63) is 83.2 Å². The van der Waals surface area contributed by atoms with Gasteiger partial charge in [0.15, 0.2) is 14.6 Å². The summed E-state index contributed by atoms with van der Waals surface area (Å²) in [4.78, 5) is 18.0. The van der Waals surface area contributed by atoms with E-state index < -0.39 is 15.7 Å². The van der Waals surface area contributed by atoms with Gasteiger partial charge >= 0.3 is 0 Å². The van der Waals surface area contributed by atoms with Crippen LogP contribution in [0, 0.1) is 0 Å². The smallest absolute Gasteiger partial charge is 0.279 e. The van der Waals surface area contributed by atoms with Crippen molar-refractivity contribution in [1.82, 2.24) is 4.57 Å². The maximum atomic E-state index is 13.0. The molecule has 4 rings (SSSR count). The lowest BCUT2D eigenvalue weighted by Gasteiger charge is -2.06. The van der Waals surface area contributed by atoms with Crippen LogP contribution in [0.4, 0.5) is 0 Å². The Hall–Kier alpha value is -3.27. The fraction of sp³-hybridized carbons (Fsp3) is 0.167. The average Bonchev–Trinajstić information content (AvgIpc) is 3.14. The van der Waals surface area contributed by atoms with Crippen LogP contribution < -0.4 is 9.54 Å². The predicted octanol–water partition coefficient (Wildman–Crippen LogP) is 4.29. The van der Waals surface area contributed by atoms with Gasteiger partial charge in [-0.3, -0.25) is 4.79 Å². The molecule has 0 spiro atoms.